The number of aryl methyl sites for hydroxylation is 2. The molecule has 130 valence electrons. The van der Waals surface area contributed by atoms with Crippen molar-refractivity contribution in [1.82, 2.24) is 24.8 Å². The van der Waals surface area contributed by atoms with Crippen molar-refractivity contribution >= 4 is 17.4 Å². The molecule has 2 aromatic heterocycles. The molecule has 0 saturated carbocycles. The first kappa shape index (κ1) is 17.0. The van der Waals surface area contributed by atoms with Gasteiger partial charge in [0.1, 0.15) is 5.82 Å². The van der Waals surface area contributed by atoms with Crippen molar-refractivity contribution in [2.75, 3.05) is 19.6 Å². The molecule has 1 saturated heterocycles. The van der Waals surface area contributed by atoms with Crippen molar-refractivity contribution in [2.24, 2.45) is 13.0 Å². The molecule has 1 N–H and O–H groups in total. The Hall–Kier alpha value is -1.89. The summed E-state index contributed by atoms with van der Waals surface area (Å²) in [5, 5.41) is 6.17. The predicted octanol–water partition coefficient (Wildman–Crippen LogP) is 2.39. The Balaban J connectivity index is 1.45. The summed E-state index contributed by atoms with van der Waals surface area (Å²) in [5.41, 5.74) is 1.06. The summed E-state index contributed by atoms with van der Waals surface area (Å²) in [7, 11) is 2.02. The van der Waals surface area contributed by atoms with Crippen LogP contribution in [-0.2, 0) is 19.9 Å². The molecule has 2 aromatic rings. The monoisotopic (exact) mass is 347 g/mol. The second-order valence-corrected chi connectivity index (χ2v) is 7.51. The summed E-state index contributed by atoms with van der Waals surface area (Å²) in [5.74, 6) is 1.59. The van der Waals surface area contributed by atoms with E-state index in [4.69, 9.17) is 0 Å². The highest BCUT2D eigenvalue weighted by atomic mass is 32.1. The van der Waals surface area contributed by atoms with Gasteiger partial charge in [0.05, 0.1) is 10.7 Å². The molecule has 1 fully saturated rings. The van der Waals surface area contributed by atoms with Gasteiger partial charge in [-0.2, -0.15) is 0 Å². The highest BCUT2D eigenvalue weighted by Crippen LogP contribution is 2.20. The van der Waals surface area contributed by atoms with E-state index in [9.17, 15) is 4.79 Å². The van der Waals surface area contributed by atoms with E-state index >= 15 is 0 Å². The lowest BCUT2D eigenvalue weighted by molar-refractivity contribution is 0.164. The summed E-state index contributed by atoms with van der Waals surface area (Å²) in [4.78, 5) is 23.2. The molecule has 6 nitrogen and oxygen atoms in total. The zero-order valence-electron chi connectivity index (χ0n) is 14.4. The molecule has 2 amide bonds. The minimum atomic E-state index is 0.0477. The maximum atomic E-state index is 12.4. The Morgan fingerprint density at radius 1 is 1.50 bits per heavy atom. The molecule has 0 unspecified atom stereocenters. The van der Waals surface area contributed by atoms with Crippen molar-refractivity contribution in [3.8, 4) is 0 Å². The van der Waals surface area contributed by atoms with Crippen molar-refractivity contribution in [3.63, 3.8) is 0 Å². The van der Waals surface area contributed by atoms with E-state index in [1.54, 1.807) is 11.3 Å². The number of hydrogen-bond donors (Lipinski definition) is 1. The van der Waals surface area contributed by atoms with Crippen LogP contribution in [0.3, 0.4) is 0 Å². The van der Waals surface area contributed by atoms with Crippen LogP contribution < -0.4 is 5.32 Å². The summed E-state index contributed by atoms with van der Waals surface area (Å²) >= 11 is 1.65. The summed E-state index contributed by atoms with van der Waals surface area (Å²) in [6.07, 6.45) is 7.76. The number of likely N-dealkylation sites (tertiary alicyclic amines) is 1. The molecule has 0 aliphatic carbocycles. The average Bonchev–Trinajstić information content (AvgIpc) is 3.16. The molecule has 3 rings (SSSR count). The smallest absolute Gasteiger partial charge is 0.317 e. The molecule has 7 heteroatoms. The number of hydrogen-bond acceptors (Lipinski definition) is 4. The van der Waals surface area contributed by atoms with E-state index in [1.165, 1.54) is 0 Å². The van der Waals surface area contributed by atoms with Gasteiger partial charge in [0.25, 0.3) is 0 Å². The minimum absolute atomic E-state index is 0.0477. The van der Waals surface area contributed by atoms with E-state index in [0.29, 0.717) is 12.5 Å². The molecule has 24 heavy (non-hydrogen) atoms. The minimum Gasteiger partial charge on any atom is -0.338 e. The molecule has 0 bridgehead atoms. The van der Waals surface area contributed by atoms with Gasteiger partial charge in [-0.3, -0.25) is 0 Å². The van der Waals surface area contributed by atoms with Crippen LogP contribution in [-0.4, -0.2) is 45.1 Å². The highest BCUT2D eigenvalue weighted by molar-refractivity contribution is 7.09. The maximum Gasteiger partial charge on any atom is 0.317 e. The van der Waals surface area contributed by atoms with Gasteiger partial charge in [0.15, 0.2) is 0 Å². The molecule has 0 aromatic carbocycles. The SMILES string of the molecule is Cc1nc(CCNC(=O)N2CCC[C@@H](Cc3nccn3C)C2)cs1. The van der Waals surface area contributed by atoms with E-state index in [-0.39, 0.29) is 6.03 Å². The molecule has 1 aliphatic rings. The summed E-state index contributed by atoms with van der Waals surface area (Å²) in [6, 6.07) is 0.0477. The number of nitrogens with one attached hydrogen (secondary N) is 1. The van der Waals surface area contributed by atoms with Crippen LogP contribution >= 0.6 is 11.3 Å². The van der Waals surface area contributed by atoms with Crippen LogP contribution in [0.1, 0.15) is 29.4 Å². The first-order valence-electron chi connectivity index (χ1n) is 8.52. The standard InChI is InChI=1S/C17H25N5OS/c1-13-20-15(12-24-13)5-6-19-17(23)22-8-3-4-14(11-22)10-16-18-7-9-21(16)2/h7,9,12,14H,3-6,8,10-11H2,1-2H3,(H,19,23)/t14-/m0/s1. The van der Waals surface area contributed by atoms with Crippen LogP contribution in [0.2, 0.25) is 0 Å². The number of rotatable bonds is 5. The maximum absolute atomic E-state index is 12.4. The zero-order chi connectivity index (χ0) is 16.9. The number of amides is 2. The number of carbonyl (C=O) groups is 1. The molecule has 0 radical (unpaired) electrons. The molecule has 1 aliphatic heterocycles. The van der Waals surface area contributed by atoms with Crippen LogP contribution in [0.5, 0.6) is 0 Å². The first-order chi connectivity index (χ1) is 11.6. The van der Waals surface area contributed by atoms with Crippen molar-refractivity contribution in [1.29, 1.82) is 0 Å². The van der Waals surface area contributed by atoms with Crippen molar-refractivity contribution < 1.29 is 4.79 Å². The number of imidazole rings is 1. The van der Waals surface area contributed by atoms with Gasteiger partial charge in [-0.05, 0) is 25.7 Å². The summed E-state index contributed by atoms with van der Waals surface area (Å²) in [6.45, 7) is 4.30. The lowest BCUT2D eigenvalue weighted by atomic mass is 9.94. The molecule has 3 heterocycles. The van der Waals surface area contributed by atoms with Gasteiger partial charge in [0, 0.05) is 57.3 Å². The van der Waals surface area contributed by atoms with E-state index in [1.807, 2.05) is 31.3 Å². The molecular weight excluding hydrogens is 322 g/mol. The lowest BCUT2D eigenvalue weighted by Crippen LogP contribution is -2.46. The Labute approximate surface area is 146 Å². The second-order valence-electron chi connectivity index (χ2n) is 6.45. The van der Waals surface area contributed by atoms with Crippen molar-refractivity contribution in [3.05, 3.63) is 34.3 Å². The normalized spacial score (nSPS) is 17.9. The quantitative estimate of drug-likeness (QED) is 0.903. The lowest BCUT2D eigenvalue weighted by Gasteiger charge is -2.32. The highest BCUT2D eigenvalue weighted by Gasteiger charge is 2.24. The van der Waals surface area contributed by atoms with Crippen LogP contribution in [0.25, 0.3) is 0 Å². The Bertz CT molecular complexity index is 680. The fourth-order valence-corrected chi connectivity index (χ4v) is 3.85. The second kappa shape index (κ2) is 7.79. The topological polar surface area (TPSA) is 63.1 Å². The molecule has 0 spiro atoms. The predicted molar refractivity (Wildman–Crippen MR) is 95.2 cm³/mol. The average molecular weight is 347 g/mol. The largest absolute Gasteiger partial charge is 0.338 e. The van der Waals surface area contributed by atoms with Gasteiger partial charge < -0.3 is 14.8 Å². The fourth-order valence-electron chi connectivity index (χ4n) is 3.20. The van der Waals surface area contributed by atoms with E-state index < -0.39 is 0 Å². The first-order valence-corrected chi connectivity index (χ1v) is 9.40. The van der Waals surface area contributed by atoms with Crippen LogP contribution in [0, 0.1) is 12.8 Å². The zero-order valence-corrected chi connectivity index (χ0v) is 15.2. The third-order valence-electron chi connectivity index (χ3n) is 4.52. The number of carbonyl (C=O) groups excluding carboxylic acids is 1. The van der Waals surface area contributed by atoms with Crippen LogP contribution in [0.15, 0.2) is 17.8 Å². The summed E-state index contributed by atoms with van der Waals surface area (Å²) < 4.78 is 2.06. The molecular formula is C17H25N5OS. The van der Waals surface area contributed by atoms with Gasteiger partial charge in [0.2, 0.25) is 0 Å². The van der Waals surface area contributed by atoms with Gasteiger partial charge in [-0.15, -0.1) is 11.3 Å². The number of urea groups is 1. The third kappa shape index (κ3) is 4.35. The number of thiazole rings is 1. The fraction of sp³-hybridized carbons (Fsp3) is 0.588. The van der Waals surface area contributed by atoms with Crippen LogP contribution in [0.4, 0.5) is 4.79 Å². The van der Waals surface area contributed by atoms with Gasteiger partial charge >= 0.3 is 6.03 Å². The number of piperidine rings is 1. The Kier molecular flexibility index (Phi) is 5.50. The number of aromatic nitrogens is 3. The Morgan fingerprint density at radius 2 is 2.38 bits per heavy atom. The van der Waals surface area contributed by atoms with Gasteiger partial charge in [-0.25, -0.2) is 14.8 Å². The Morgan fingerprint density at radius 3 is 3.08 bits per heavy atom. The third-order valence-corrected chi connectivity index (χ3v) is 5.34. The number of nitrogens with zero attached hydrogens (tertiary/aromatic N) is 4. The van der Waals surface area contributed by atoms with E-state index in [0.717, 1.165) is 55.3 Å². The molecule has 1 atom stereocenters. The van der Waals surface area contributed by atoms with Gasteiger partial charge in [-0.1, -0.05) is 0 Å². The van der Waals surface area contributed by atoms with Crippen molar-refractivity contribution in [2.45, 2.75) is 32.6 Å². The van der Waals surface area contributed by atoms with E-state index in [2.05, 4.69) is 25.2 Å².